The number of aromatic nitrogens is 3. The number of halogens is 4. The quantitative estimate of drug-likeness (QED) is 0.779. The van der Waals surface area contributed by atoms with Crippen LogP contribution in [0.1, 0.15) is 18.1 Å². The Kier molecular flexibility index (Phi) is 2.99. The van der Waals surface area contributed by atoms with E-state index in [-0.39, 0.29) is 11.5 Å². The molecule has 3 nitrogen and oxygen atoms in total. The zero-order valence-corrected chi connectivity index (χ0v) is 9.63. The monoisotopic (exact) mass is 263 g/mol. The third-order valence-electron chi connectivity index (χ3n) is 2.23. The van der Waals surface area contributed by atoms with Crippen LogP contribution in [0.3, 0.4) is 0 Å². The van der Waals surface area contributed by atoms with E-state index in [2.05, 4.69) is 9.97 Å². The molecule has 2 heterocycles. The number of hydrogen-bond acceptors (Lipinski definition) is 2. The summed E-state index contributed by atoms with van der Waals surface area (Å²) in [5, 5.41) is -0.605. The molecule has 17 heavy (non-hydrogen) atoms. The lowest BCUT2D eigenvalue weighted by molar-refractivity contribution is -0.140. The number of fused-ring (bicyclic) bond motifs is 1. The molecular formula is C10H9ClF3N3. The molecule has 7 heteroatoms. The van der Waals surface area contributed by atoms with Crippen LogP contribution >= 0.6 is 11.6 Å². The van der Waals surface area contributed by atoms with Crippen LogP contribution in [0.5, 0.6) is 0 Å². The summed E-state index contributed by atoms with van der Waals surface area (Å²) < 4.78 is 38.4. The average Bonchev–Trinajstić information content (AvgIpc) is 2.55. The van der Waals surface area contributed by atoms with Gasteiger partial charge in [-0.25, -0.2) is 9.97 Å². The first-order valence-corrected chi connectivity index (χ1v) is 5.34. The summed E-state index contributed by atoms with van der Waals surface area (Å²) in [4.78, 5) is 7.98. The first-order chi connectivity index (χ1) is 7.88. The SMILES string of the molecule is CC(Cl)c1nc2cccnc2n1CC(F)(F)F. The molecule has 0 radical (unpaired) electrons. The Morgan fingerprint density at radius 1 is 1.47 bits per heavy atom. The first kappa shape index (κ1) is 12.2. The summed E-state index contributed by atoms with van der Waals surface area (Å²) in [6, 6.07) is 3.23. The average molecular weight is 264 g/mol. The Balaban J connectivity index is 2.60. The molecule has 0 aliphatic heterocycles. The smallest absolute Gasteiger partial charge is 0.302 e. The Bertz CT molecular complexity index is 533. The molecule has 0 saturated heterocycles. The van der Waals surface area contributed by atoms with Gasteiger partial charge in [0.15, 0.2) is 5.65 Å². The number of pyridine rings is 1. The van der Waals surface area contributed by atoms with Crippen molar-refractivity contribution in [2.75, 3.05) is 0 Å². The van der Waals surface area contributed by atoms with Crippen molar-refractivity contribution < 1.29 is 13.2 Å². The van der Waals surface area contributed by atoms with Crippen LogP contribution in [0.4, 0.5) is 13.2 Å². The van der Waals surface area contributed by atoms with E-state index in [1.54, 1.807) is 19.1 Å². The van der Waals surface area contributed by atoms with Gasteiger partial charge in [-0.3, -0.25) is 0 Å². The van der Waals surface area contributed by atoms with Gasteiger partial charge in [0.25, 0.3) is 0 Å². The van der Waals surface area contributed by atoms with Gasteiger partial charge in [-0.15, -0.1) is 11.6 Å². The molecule has 1 unspecified atom stereocenters. The van der Waals surface area contributed by atoms with E-state index >= 15 is 0 Å². The number of imidazole rings is 1. The lowest BCUT2D eigenvalue weighted by Crippen LogP contribution is -2.20. The minimum atomic E-state index is -4.33. The van der Waals surface area contributed by atoms with E-state index < -0.39 is 18.1 Å². The van der Waals surface area contributed by atoms with Crippen molar-refractivity contribution in [3.05, 3.63) is 24.2 Å². The molecule has 0 N–H and O–H groups in total. The highest BCUT2D eigenvalue weighted by Crippen LogP contribution is 2.27. The molecule has 0 bridgehead atoms. The maximum atomic E-state index is 12.5. The van der Waals surface area contributed by atoms with Crippen LogP contribution in [-0.4, -0.2) is 20.7 Å². The molecule has 1 atom stereocenters. The summed E-state index contributed by atoms with van der Waals surface area (Å²) >= 11 is 5.83. The van der Waals surface area contributed by atoms with E-state index in [0.717, 1.165) is 4.57 Å². The molecular weight excluding hydrogens is 255 g/mol. The number of hydrogen-bond donors (Lipinski definition) is 0. The molecule has 92 valence electrons. The summed E-state index contributed by atoms with van der Waals surface area (Å²) in [6.07, 6.45) is -2.90. The fourth-order valence-electron chi connectivity index (χ4n) is 1.61. The highest BCUT2D eigenvalue weighted by Gasteiger charge is 2.31. The lowest BCUT2D eigenvalue weighted by atomic mass is 10.4. The molecule has 2 aromatic rings. The van der Waals surface area contributed by atoms with Crippen LogP contribution in [0.25, 0.3) is 11.2 Å². The second kappa shape index (κ2) is 4.18. The van der Waals surface area contributed by atoms with Crippen LogP contribution in [0, 0.1) is 0 Å². The van der Waals surface area contributed by atoms with Crippen molar-refractivity contribution in [3.8, 4) is 0 Å². The Morgan fingerprint density at radius 3 is 2.76 bits per heavy atom. The van der Waals surface area contributed by atoms with Gasteiger partial charge < -0.3 is 4.57 Å². The third-order valence-corrected chi connectivity index (χ3v) is 2.42. The van der Waals surface area contributed by atoms with E-state index in [1.165, 1.54) is 6.20 Å². The zero-order chi connectivity index (χ0) is 12.6. The van der Waals surface area contributed by atoms with Gasteiger partial charge in [0, 0.05) is 6.20 Å². The van der Waals surface area contributed by atoms with Crippen LogP contribution in [0.2, 0.25) is 0 Å². The maximum Gasteiger partial charge on any atom is 0.406 e. The number of alkyl halides is 4. The highest BCUT2D eigenvalue weighted by molar-refractivity contribution is 6.20. The number of nitrogens with zero attached hydrogens (tertiary/aromatic N) is 3. The van der Waals surface area contributed by atoms with Gasteiger partial charge in [-0.1, -0.05) is 0 Å². The van der Waals surface area contributed by atoms with Crippen LogP contribution < -0.4 is 0 Å². The molecule has 2 aromatic heterocycles. The fraction of sp³-hybridized carbons (Fsp3) is 0.400. The predicted octanol–water partition coefficient (Wildman–Crippen LogP) is 3.29. The van der Waals surface area contributed by atoms with Crippen molar-refractivity contribution in [1.29, 1.82) is 0 Å². The minimum absolute atomic E-state index is 0.178. The van der Waals surface area contributed by atoms with Gasteiger partial charge in [0.1, 0.15) is 17.9 Å². The van der Waals surface area contributed by atoms with Crippen molar-refractivity contribution in [1.82, 2.24) is 14.5 Å². The topological polar surface area (TPSA) is 30.7 Å². The largest absolute Gasteiger partial charge is 0.406 e. The third kappa shape index (κ3) is 2.52. The fourth-order valence-corrected chi connectivity index (χ4v) is 1.78. The van der Waals surface area contributed by atoms with E-state index in [1.807, 2.05) is 0 Å². The molecule has 0 aromatic carbocycles. The molecule has 2 rings (SSSR count). The lowest BCUT2D eigenvalue weighted by Gasteiger charge is -2.12. The first-order valence-electron chi connectivity index (χ1n) is 4.90. The number of rotatable bonds is 2. The molecule has 0 aliphatic carbocycles. The Hall–Kier alpha value is -1.30. The van der Waals surface area contributed by atoms with Gasteiger partial charge >= 0.3 is 6.18 Å². The Labute approximate surface area is 100 Å². The minimum Gasteiger partial charge on any atom is -0.302 e. The second-order valence-corrected chi connectivity index (χ2v) is 4.29. The molecule has 0 saturated carbocycles. The van der Waals surface area contributed by atoms with Gasteiger partial charge in [0.05, 0.1) is 5.38 Å². The second-order valence-electron chi connectivity index (χ2n) is 3.63. The van der Waals surface area contributed by atoms with Gasteiger partial charge in [-0.05, 0) is 19.1 Å². The highest BCUT2D eigenvalue weighted by atomic mass is 35.5. The summed E-state index contributed by atoms with van der Waals surface area (Å²) in [5.74, 6) is 0.178. The maximum absolute atomic E-state index is 12.5. The normalized spacial score (nSPS) is 14.2. The summed E-state index contributed by atoms with van der Waals surface area (Å²) in [7, 11) is 0. The zero-order valence-electron chi connectivity index (χ0n) is 8.87. The van der Waals surface area contributed by atoms with E-state index in [0.29, 0.717) is 5.52 Å². The van der Waals surface area contributed by atoms with E-state index in [9.17, 15) is 13.2 Å². The van der Waals surface area contributed by atoms with Gasteiger partial charge in [-0.2, -0.15) is 13.2 Å². The predicted molar refractivity (Wildman–Crippen MR) is 57.9 cm³/mol. The van der Waals surface area contributed by atoms with Crippen molar-refractivity contribution >= 4 is 22.8 Å². The van der Waals surface area contributed by atoms with Crippen LogP contribution in [-0.2, 0) is 6.54 Å². The molecule has 0 aliphatic rings. The van der Waals surface area contributed by atoms with Crippen molar-refractivity contribution in [2.24, 2.45) is 0 Å². The molecule has 0 amide bonds. The molecule has 0 fully saturated rings. The standard InChI is InChI=1S/C10H9ClF3N3/c1-6(11)8-16-7-3-2-4-15-9(7)17(8)5-10(12,13)14/h2-4,6H,5H2,1H3. The van der Waals surface area contributed by atoms with Crippen molar-refractivity contribution in [3.63, 3.8) is 0 Å². The Morgan fingerprint density at radius 2 is 2.18 bits per heavy atom. The van der Waals surface area contributed by atoms with Crippen LogP contribution in [0.15, 0.2) is 18.3 Å². The summed E-state index contributed by atoms with van der Waals surface area (Å²) in [5.41, 5.74) is 0.617. The van der Waals surface area contributed by atoms with Gasteiger partial charge in [0.2, 0.25) is 0 Å². The van der Waals surface area contributed by atoms with Crippen molar-refractivity contribution in [2.45, 2.75) is 25.0 Å². The molecule has 0 spiro atoms. The summed E-state index contributed by atoms with van der Waals surface area (Å²) in [6.45, 7) is 0.447. The van der Waals surface area contributed by atoms with E-state index in [4.69, 9.17) is 11.6 Å².